The summed E-state index contributed by atoms with van der Waals surface area (Å²) in [5.74, 6) is 0.196. The average Bonchev–Trinajstić information content (AvgIpc) is 2.32. The molecule has 88 valence electrons. The Morgan fingerprint density at radius 3 is 2.71 bits per heavy atom. The number of benzene rings is 1. The molecule has 0 N–H and O–H groups in total. The van der Waals surface area contributed by atoms with Crippen LogP contribution in [0.15, 0.2) is 28.7 Å². The van der Waals surface area contributed by atoms with Crippen LogP contribution < -0.4 is 0 Å². The Hall–Kier alpha value is -1.00. The summed E-state index contributed by atoms with van der Waals surface area (Å²) in [6.45, 7) is 1.99. The summed E-state index contributed by atoms with van der Waals surface area (Å²) in [6, 6.07) is 6.37. The minimum atomic E-state index is -0.313. The van der Waals surface area contributed by atoms with Crippen LogP contribution in [0.3, 0.4) is 0 Å². The molecule has 1 aromatic heterocycles. The Morgan fingerprint density at radius 2 is 2.06 bits per heavy atom. The lowest BCUT2D eigenvalue weighted by atomic mass is 10.2. The van der Waals surface area contributed by atoms with E-state index in [1.165, 1.54) is 6.07 Å². The monoisotopic (exact) mass is 314 g/mol. The number of nitrogens with zero attached hydrogens (tertiary/aromatic N) is 2. The van der Waals surface area contributed by atoms with Gasteiger partial charge in [0.2, 0.25) is 0 Å². The maximum absolute atomic E-state index is 13.1. The minimum absolute atomic E-state index is 0.313. The van der Waals surface area contributed by atoms with E-state index in [-0.39, 0.29) is 5.82 Å². The summed E-state index contributed by atoms with van der Waals surface area (Å²) in [4.78, 5) is 8.49. The van der Waals surface area contributed by atoms with Crippen molar-refractivity contribution in [1.29, 1.82) is 0 Å². The molecule has 0 aliphatic heterocycles. The van der Waals surface area contributed by atoms with Crippen molar-refractivity contribution in [2.45, 2.75) is 13.3 Å². The molecule has 1 aromatic carbocycles. The quantitative estimate of drug-likeness (QED) is 0.774. The molecule has 2 aromatic rings. The van der Waals surface area contributed by atoms with E-state index in [4.69, 9.17) is 11.6 Å². The second kappa shape index (κ2) is 5.10. The summed E-state index contributed by atoms with van der Waals surface area (Å²) >= 11 is 9.05. The fraction of sp³-hybridized carbons (Fsp3) is 0.167. The smallest absolute Gasteiger partial charge is 0.161 e. The molecule has 0 saturated carbocycles. The van der Waals surface area contributed by atoms with Gasteiger partial charge in [0, 0.05) is 11.3 Å². The zero-order valence-electron chi connectivity index (χ0n) is 9.04. The Morgan fingerprint density at radius 1 is 1.29 bits per heavy atom. The van der Waals surface area contributed by atoms with Gasteiger partial charge in [-0.25, -0.2) is 14.4 Å². The van der Waals surface area contributed by atoms with Crippen LogP contribution in [0.5, 0.6) is 0 Å². The van der Waals surface area contributed by atoms with Crippen LogP contribution in [0.4, 0.5) is 4.39 Å². The second-order valence-electron chi connectivity index (χ2n) is 3.49. The molecule has 0 aliphatic rings. The van der Waals surface area contributed by atoms with Gasteiger partial charge in [0.05, 0.1) is 4.47 Å². The van der Waals surface area contributed by atoms with Crippen molar-refractivity contribution < 1.29 is 4.39 Å². The molecule has 0 bridgehead atoms. The van der Waals surface area contributed by atoms with Crippen molar-refractivity contribution in [2.75, 3.05) is 0 Å². The highest BCUT2D eigenvalue weighted by molar-refractivity contribution is 9.10. The minimum Gasteiger partial charge on any atom is -0.233 e. The predicted octanol–water partition coefficient (Wildman–Crippen LogP) is 4.26. The van der Waals surface area contributed by atoms with Gasteiger partial charge in [-0.2, -0.15) is 0 Å². The molecule has 0 aliphatic carbocycles. The van der Waals surface area contributed by atoms with Crippen LogP contribution in [-0.2, 0) is 6.42 Å². The standard InChI is InChI=1S/C12H9BrClFN2/c1-2-8-6-11(14)17-12(16-8)7-3-4-10(15)9(13)5-7/h3-6H,2H2,1H3. The number of halogens is 3. The Bertz CT molecular complexity index is 560. The molecule has 2 nitrogen and oxygen atoms in total. The Labute approximate surface area is 112 Å². The van der Waals surface area contributed by atoms with Crippen LogP contribution in [0.2, 0.25) is 5.15 Å². The number of aryl methyl sites for hydroxylation is 1. The normalized spacial score (nSPS) is 10.6. The molecular weight excluding hydrogens is 307 g/mol. The van der Waals surface area contributed by atoms with E-state index < -0.39 is 0 Å². The highest BCUT2D eigenvalue weighted by Crippen LogP contribution is 2.24. The molecule has 17 heavy (non-hydrogen) atoms. The average molecular weight is 316 g/mol. The van der Waals surface area contributed by atoms with E-state index in [0.717, 1.165) is 17.7 Å². The largest absolute Gasteiger partial charge is 0.233 e. The van der Waals surface area contributed by atoms with Gasteiger partial charge in [0.1, 0.15) is 11.0 Å². The van der Waals surface area contributed by atoms with Gasteiger partial charge in [-0.1, -0.05) is 18.5 Å². The van der Waals surface area contributed by atoms with Crippen LogP contribution >= 0.6 is 27.5 Å². The maximum atomic E-state index is 13.1. The molecule has 5 heteroatoms. The van der Waals surface area contributed by atoms with Crippen molar-refractivity contribution in [3.63, 3.8) is 0 Å². The topological polar surface area (TPSA) is 25.8 Å². The predicted molar refractivity (Wildman–Crippen MR) is 69.5 cm³/mol. The van der Waals surface area contributed by atoms with Crippen molar-refractivity contribution in [3.05, 3.63) is 45.4 Å². The molecule has 0 unspecified atom stereocenters. The third-order valence-corrected chi connectivity index (χ3v) is 3.09. The van der Waals surface area contributed by atoms with Gasteiger partial charge in [0.25, 0.3) is 0 Å². The Balaban J connectivity index is 2.52. The molecule has 2 rings (SSSR count). The van der Waals surface area contributed by atoms with Crippen molar-refractivity contribution in [3.8, 4) is 11.4 Å². The first kappa shape index (κ1) is 12.5. The van der Waals surface area contributed by atoms with Gasteiger partial charge in [-0.15, -0.1) is 0 Å². The number of rotatable bonds is 2. The van der Waals surface area contributed by atoms with Gasteiger partial charge in [-0.05, 0) is 46.6 Å². The first-order valence-corrected chi connectivity index (χ1v) is 6.26. The molecule has 0 atom stereocenters. The lowest BCUT2D eigenvalue weighted by molar-refractivity contribution is 0.621. The van der Waals surface area contributed by atoms with Gasteiger partial charge >= 0.3 is 0 Å². The van der Waals surface area contributed by atoms with Crippen LogP contribution in [0, 0.1) is 5.82 Å². The number of aromatic nitrogens is 2. The van der Waals surface area contributed by atoms with Gasteiger partial charge in [0.15, 0.2) is 5.82 Å². The van der Waals surface area contributed by atoms with Gasteiger partial charge in [-0.3, -0.25) is 0 Å². The maximum Gasteiger partial charge on any atom is 0.161 e. The molecule has 0 fully saturated rings. The first-order chi connectivity index (χ1) is 8.10. The SMILES string of the molecule is CCc1cc(Cl)nc(-c2ccc(F)c(Br)c2)n1. The molecule has 0 radical (unpaired) electrons. The second-order valence-corrected chi connectivity index (χ2v) is 4.73. The molecule has 0 amide bonds. The fourth-order valence-corrected chi connectivity index (χ4v) is 1.99. The molecule has 0 saturated heterocycles. The summed E-state index contributed by atoms with van der Waals surface area (Å²) in [6.07, 6.45) is 0.775. The van der Waals surface area contributed by atoms with E-state index in [9.17, 15) is 4.39 Å². The fourth-order valence-electron chi connectivity index (χ4n) is 1.41. The van der Waals surface area contributed by atoms with E-state index in [1.807, 2.05) is 6.92 Å². The highest BCUT2D eigenvalue weighted by atomic mass is 79.9. The van der Waals surface area contributed by atoms with Crippen LogP contribution in [0.1, 0.15) is 12.6 Å². The van der Waals surface area contributed by atoms with E-state index in [0.29, 0.717) is 15.5 Å². The van der Waals surface area contributed by atoms with E-state index >= 15 is 0 Å². The summed E-state index contributed by atoms with van der Waals surface area (Å²) in [5.41, 5.74) is 1.59. The lowest BCUT2D eigenvalue weighted by Crippen LogP contribution is -1.95. The lowest BCUT2D eigenvalue weighted by Gasteiger charge is -2.04. The number of hydrogen-bond donors (Lipinski definition) is 0. The summed E-state index contributed by atoms with van der Waals surface area (Å²) in [5, 5.41) is 0.396. The number of hydrogen-bond acceptors (Lipinski definition) is 2. The Kier molecular flexibility index (Phi) is 3.74. The third-order valence-electron chi connectivity index (χ3n) is 2.29. The van der Waals surface area contributed by atoms with Crippen molar-refractivity contribution in [2.24, 2.45) is 0 Å². The first-order valence-electron chi connectivity index (χ1n) is 5.09. The van der Waals surface area contributed by atoms with Crippen molar-refractivity contribution in [1.82, 2.24) is 9.97 Å². The zero-order chi connectivity index (χ0) is 12.4. The van der Waals surface area contributed by atoms with Crippen molar-refractivity contribution >= 4 is 27.5 Å². The van der Waals surface area contributed by atoms with E-state index in [2.05, 4.69) is 25.9 Å². The van der Waals surface area contributed by atoms with Crippen LogP contribution in [-0.4, -0.2) is 9.97 Å². The molecular formula is C12H9BrClFN2. The highest BCUT2D eigenvalue weighted by Gasteiger charge is 2.07. The zero-order valence-corrected chi connectivity index (χ0v) is 11.4. The molecule has 0 spiro atoms. The third kappa shape index (κ3) is 2.82. The molecule has 1 heterocycles. The van der Waals surface area contributed by atoms with Gasteiger partial charge < -0.3 is 0 Å². The summed E-state index contributed by atoms with van der Waals surface area (Å²) in [7, 11) is 0. The van der Waals surface area contributed by atoms with E-state index in [1.54, 1.807) is 18.2 Å². The summed E-state index contributed by atoms with van der Waals surface area (Å²) < 4.78 is 13.5. The van der Waals surface area contributed by atoms with Crippen LogP contribution in [0.25, 0.3) is 11.4 Å².